The molecule has 5 nitrogen and oxygen atoms in total. The summed E-state index contributed by atoms with van der Waals surface area (Å²) in [6, 6.07) is 22.4. The van der Waals surface area contributed by atoms with Crippen molar-refractivity contribution < 1.29 is 4.79 Å². The van der Waals surface area contributed by atoms with Crippen LogP contribution in [0.15, 0.2) is 73.1 Å². The van der Waals surface area contributed by atoms with Crippen molar-refractivity contribution in [2.45, 2.75) is 38.6 Å². The maximum absolute atomic E-state index is 12.8. The number of hydrogen-bond acceptors (Lipinski definition) is 3. The van der Waals surface area contributed by atoms with Gasteiger partial charge in [-0.15, -0.1) is 0 Å². The Bertz CT molecular complexity index is 1220. The van der Waals surface area contributed by atoms with Crippen LogP contribution in [-0.4, -0.2) is 38.4 Å². The molecule has 0 bridgehead atoms. The number of nitrogens with zero attached hydrogens (tertiary/aromatic N) is 4. The van der Waals surface area contributed by atoms with Crippen LogP contribution in [0.2, 0.25) is 0 Å². The molecule has 32 heavy (non-hydrogen) atoms. The molecule has 1 aliphatic rings. The van der Waals surface area contributed by atoms with Crippen LogP contribution >= 0.6 is 0 Å². The molecule has 3 heterocycles. The molecule has 1 amide bonds. The third-order valence-electron chi connectivity index (χ3n) is 6.41. The number of pyridine rings is 1. The fraction of sp³-hybridized carbons (Fsp3) is 0.296. The summed E-state index contributed by atoms with van der Waals surface area (Å²) in [5.41, 5.74) is 5.98. The van der Waals surface area contributed by atoms with E-state index in [0.29, 0.717) is 12.0 Å². The Morgan fingerprint density at radius 2 is 1.62 bits per heavy atom. The molecular formula is C27H28N4O. The first-order valence-corrected chi connectivity index (χ1v) is 11.4. The minimum atomic E-state index is 0.121. The summed E-state index contributed by atoms with van der Waals surface area (Å²) in [6.07, 6.45) is 3.76. The maximum Gasteiger partial charge on any atom is 0.253 e. The highest BCUT2D eigenvalue weighted by atomic mass is 16.2. The van der Waals surface area contributed by atoms with Crippen LogP contribution in [0.3, 0.4) is 0 Å². The Kier molecular flexibility index (Phi) is 5.48. The molecule has 1 saturated heterocycles. The lowest BCUT2D eigenvalue weighted by molar-refractivity contribution is 0.0712. The minimum Gasteiger partial charge on any atom is -0.339 e. The third-order valence-corrected chi connectivity index (χ3v) is 6.41. The van der Waals surface area contributed by atoms with E-state index in [0.717, 1.165) is 59.5 Å². The van der Waals surface area contributed by atoms with E-state index in [1.807, 2.05) is 59.8 Å². The normalized spacial score (nSPS) is 14.9. The van der Waals surface area contributed by atoms with Gasteiger partial charge in [0.25, 0.3) is 5.91 Å². The van der Waals surface area contributed by atoms with Crippen molar-refractivity contribution in [3.05, 3.63) is 84.3 Å². The van der Waals surface area contributed by atoms with Gasteiger partial charge in [0, 0.05) is 41.9 Å². The third kappa shape index (κ3) is 3.79. The van der Waals surface area contributed by atoms with Crippen molar-refractivity contribution in [3.8, 4) is 11.3 Å². The Balaban J connectivity index is 1.46. The Labute approximate surface area is 188 Å². The van der Waals surface area contributed by atoms with E-state index in [2.05, 4.69) is 36.6 Å². The van der Waals surface area contributed by atoms with Crippen LogP contribution < -0.4 is 0 Å². The minimum absolute atomic E-state index is 0.121. The molecule has 1 aliphatic heterocycles. The van der Waals surface area contributed by atoms with E-state index >= 15 is 0 Å². The number of rotatable bonds is 4. The molecule has 0 spiro atoms. The van der Waals surface area contributed by atoms with Crippen LogP contribution in [0.1, 0.15) is 54.7 Å². The van der Waals surface area contributed by atoms with Crippen LogP contribution in [-0.2, 0) is 0 Å². The SMILES string of the molecule is CC(C)n1cnc2c(-c3ccccc3)nc(C3CCN(C(=O)c4ccccc4)CC3)cc21. The number of hydrogen-bond donors (Lipinski definition) is 0. The number of carbonyl (C=O) groups is 1. The molecule has 2 aromatic carbocycles. The van der Waals surface area contributed by atoms with Crippen LogP contribution in [0, 0.1) is 0 Å². The zero-order valence-electron chi connectivity index (χ0n) is 18.6. The van der Waals surface area contributed by atoms with E-state index in [1.165, 1.54) is 0 Å². The van der Waals surface area contributed by atoms with Gasteiger partial charge in [-0.3, -0.25) is 9.78 Å². The summed E-state index contributed by atoms with van der Waals surface area (Å²) in [5, 5.41) is 0. The number of carbonyl (C=O) groups excluding carboxylic acids is 1. The molecule has 0 aliphatic carbocycles. The molecule has 0 saturated carbocycles. The van der Waals surface area contributed by atoms with E-state index in [-0.39, 0.29) is 5.91 Å². The van der Waals surface area contributed by atoms with Gasteiger partial charge in [-0.05, 0) is 44.9 Å². The predicted molar refractivity (Wildman–Crippen MR) is 128 cm³/mol. The van der Waals surface area contributed by atoms with Gasteiger partial charge in [-0.2, -0.15) is 0 Å². The Morgan fingerprint density at radius 1 is 0.969 bits per heavy atom. The van der Waals surface area contributed by atoms with Crippen molar-refractivity contribution in [2.24, 2.45) is 0 Å². The molecule has 5 heteroatoms. The van der Waals surface area contributed by atoms with Crippen LogP contribution in [0.25, 0.3) is 22.3 Å². The molecular weight excluding hydrogens is 396 g/mol. The van der Waals surface area contributed by atoms with Gasteiger partial charge in [-0.25, -0.2) is 4.98 Å². The summed E-state index contributed by atoms with van der Waals surface area (Å²) >= 11 is 0. The largest absolute Gasteiger partial charge is 0.339 e. The number of benzene rings is 2. The van der Waals surface area contributed by atoms with E-state index < -0.39 is 0 Å². The van der Waals surface area contributed by atoms with Gasteiger partial charge in [0.15, 0.2) is 0 Å². The first-order chi connectivity index (χ1) is 15.6. The lowest BCUT2D eigenvalue weighted by Gasteiger charge is -2.32. The quantitative estimate of drug-likeness (QED) is 0.422. The van der Waals surface area contributed by atoms with Gasteiger partial charge in [0.2, 0.25) is 0 Å². The monoisotopic (exact) mass is 424 g/mol. The summed E-state index contributed by atoms with van der Waals surface area (Å²) in [5.74, 6) is 0.451. The summed E-state index contributed by atoms with van der Waals surface area (Å²) < 4.78 is 2.22. The van der Waals surface area contributed by atoms with Gasteiger partial charge in [0.05, 0.1) is 17.5 Å². The molecule has 0 atom stereocenters. The van der Waals surface area contributed by atoms with E-state index in [9.17, 15) is 4.79 Å². The molecule has 0 radical (unpaired) electrons. The fourth-order valence-electron chi connectivity index (χ4n) is 4.61. The summed E-state index contributed by atoms with van der Waals surface area (Å²) in [4.78, 5) is 24.6. The number of fused-ring (bicyclic) bond motifs is 1. The average Bonchev–Trinajstić information content (AvgIpc) is 3.29. The van der Waals surface area contributed by atoms with Crippen LogP contribution in [0.5, 0.6) is 0 Å². The number of imidazole rings is 1. The maximum atomic E-state index is 12.8. The van der Waals surface area contributed by atoms with Gasteiger partial charge < -0.3 is 9.47 Å². The van der Waals surface area contributed by atoms with E-state index in [1.54, 1.807) is 0 Å². The van der Waals surface area contributed by atoms with Gasteiger partial charge >= 0.3 is 0 Å². The second-order valence-corrected chi connectivity index (χ2v) is 8.81. The number of aromatic nitrogens is 3. The smallest absolute Gasteiger partial charge is 0.253 e. The van der Waals surface area contributed by atoms with Crippen molar-refractivity contribution in [1.29, 1.82) is 0 Å². The molecule has 0 unspecified atom stereocenters. The first-order valence-electron chi connectivity index (χ1n) is 11.4. The highest BCUT2D eigenvalue weighted by Crippen LogP contribution is 2.34. The lowest BCUT2D eigenvalue weighted by atomic mass is 9.92. The molecule has 1 fully saturated rings. The first kappa shape index (κ1) is 20.4. The Morgan fingerprint density at radius 3 is 2.28 bits per heavy atom. The van der Waals surface area contributed by atoms with Crippen molar-refractivity contribution in [2.75, 3.05) is 13.1 Å². The van der Waals surface area contributed by atoms with Gasteiger partial charge in [0.1, 0.15) is 5.52 Å². The van der Waals surface area contributed by atoms with Crippen molar-refractivity contribution in [1.82, 2.24) is 19.4 Å². The predicted octanol–water partition coefficient (Wildman–Crippen LogP) is 5.70. The highest BCUT2D eigenvalue weighted by molar-refractivity contribution is 5.94. The zero-order valence-corrected chi connectivity index (χ0v) is 18.6. The number of likely N-dealkylation sites (tertiary alicyclic amines) is 1. The number of piperidine rings is 1. The summed E-state index contributed by atoms with van der Waals surface area (Å²) in [6.45, 7) is 5.86. The van der Waals surface area contributed by atoms with Gasteiger partial charge in [-0.1, -0.05) is 48.5 Å². The summed E-state index contributed by atoms with van der Waals surface area (Å²) in [7, 11) is 0. The molecule has 5 rings (SSSR count). The lowest BCUT2D eigenvalue weighted by Crippen LogP contribution is -2.38. The fourth-order valence-corrected chi connectivity index (χ4v) is 4.61. The van der Waals surface area contributed by atoms with Crippen molar-refractivity contribution in [3.63, 3.8) is 0 Å². The second kappa shape index (κ2) is 8.58. The standard InChI is InChI=1S/C27H28N4O/c1-19(2)31-18-28-26-24(31)17-23(29-25(26)21-9-5-3-6-10-21)20-13-15-30(16-14-20)27(32)22-11-7-4-8-12-22/h3-12,17-20H,13-16H2,1-2H3. The van der Waals surface area contributed by atoms with E-state index in [4.69, 9.17) is 9.97 Å². The van der Waals surface area contributed by atoms with Crippen molar-refractivity contribution >= 4 is 16.9 Å². The Hall–Kier alpha value is -3.47. The zero-order chi connectivity index (χ0) is 22.1. The second-order valence-electron chi connectivity index (χ2n) is 8.81. The molecule has 2 aromatic heterocycles. The molecule has 162 valence electrons. The highest BCUT2D eigenvalue weighted by Gasteiger charge is 2.27. The number of amides is 1. The molecule has 4 aromatic rings. The topological polar surface area (TPSA) is 51.0 Å². The molecule has 0 N–H and O–H groups in total. The van der Waals surface area contributed by atoms with Crippen LogP contribution in [0.4, 0.5) is 0 Å². The average molecular weight is 425 g/mol.